The topological polar surface area (TPSA) is 98.3 Å². The van der Waals surface area contributed by atoms with Crippen molar-refractivity contribution < 1.29 is 9.72 Å². The lowest BCUT2D eigenvalue weighted by atomic mass is 10.1. The van der Waals surface area contributed by atoms with Gasteiger partial charge >= 0.3 is 5.69 Å². The predicted octanol–water partition coefficient (Wildman–Crippen LogP) is 3.50. The van der Waals surface area contributed by atoms with Crippen LogP contribution in [-0.2, 0) is 0 Å². The van der Waals surface area contributed by atoms with Crippen molar-refractivity contribution in [3.05, 3.63) is 62.1 Å². The fourth-order valence-corrected chi connectivity index (χ4v) is 2.56. The molecule has 0 fully saturated rings. The Morgan fingerprint density at radius 1 is 1.33 bits per heavy atom. The Morgan fingerprint density at radius 3 is 2.67 bits per heavy atom. The number of amides is 1. The summed E-state index contributed by atoms with van der Waals surface area (Å²) in [6.07, 6.45) is 0. The number of nitro groups is 1. The first-order valence-corrected chi connectivity index (χ1v) is 6.79. The maximum Gasteiger partial charge on any atom is 0.304 e. The molecule has 108 valence electrons. The van der Waals surface area contributed by atoms with E-state index in [0.717, 1.165) is 10.0 Å². The summed E-state index contributed by atoms with van der Waals surface area (Å²) in [6.45, 7) is 1.88. The Morgan fingerprint density at radius 2 is 2.05 bits per heavy atom. The van der Waals surface area contributed by atoms with E-state index in [-0.39, 0.29) is 16.9 Å². The molecule has 0 aliphatic rings. The molecular weight excluding hydrogens is 338 g/mol. The molecule has 0 aromatic heterocycles. The molecule has 0 atom stereocenters. The van der Waals surface area contributed by atoms with Gasteiger partial charge < -0.3 is 11.1 Å². The average Bonchev–Trinajstić information content (AvgIpc) is 2.36. The Bertz CT molecular complexity index is 711. The van der Waals surface area contributed by atoms with Gasteiger partial charge in [0.2, 0.25) is 0 Å². The van der Waals surface area contributed by atoms with E-state index in [1.54, 1.807) is 12.1 Å². The number of nitrogens with two attached hydrogens (primary N) is 1. The Kier molecular flexibility index (Phi) is 4.23. The molecule has 0 aliphatic heterocycles. The highest BCUT2D eigenvalue weighted by molar-refractivity contribution is 9.10. The summed E-state index contributed by atoms with van der Waals surface area (Å²) in [4.78, 5) is 22.6. The minimum Gasteiger partial charge on any atom is -0.393 e. The van der Waals surface area contributed by atoms with E-state index in [1.807, 2.05) is 13.0 Å². The Balaban J connectivity index is 2.37. The van der Waals surface area contributed by atoms with Gasteiger partial charge in [-0.25, -0.2) is 0 Å². The van der Waals surface area contributed by atoms with Gasteiger partial charge in [-0.2, -0.15) is 0 Å². The quantitative estimate of drug-likeness (QED) is 0.503. The number of nitrogens with zero attached hydrogens (tertiary/aromatic N) is 1. The molecule has 0 radical (unpaired) electrons. The molecule has 1 amide bonds. The number of carbonyl (C=O) groups excluding carboxylic acids is 1. The molecule has 3 N–H and O–H groups in total. The van der Waals surface area contributed by atoms with Gasteiger partial charge in [-0.15, -0.1) is 0 Å². The van der Waals surface area contributed by atoms with E-state index in [1.165, 1.54) is 18.2 Å². The number of rotatable bonds is 3. The molecule has 7 heteroatoms. The molecular formula is C14H12BrN3O3. The smallest absolute Gasteiger partial charge is 0.304 e. The number of benzene rings is 2. The van der Waals surface area contributed by atoms with Crippen LogP contribution < -0.4 is 11.1 Å². The largest absolute Gasteiger partial charge is 0.393 e. The maximum atomic E-state index is 12.2. The van der Waals surface area contributed by atoms with Gasteiger partial charge in [0.05, 0.1) is 4.92 Å². The lowest BCUT2D eigenvalue weighted by molar-refractivity contribution is -0.384. The second-order valence-corrected chi connectivity index (χ2v) is 5.39. The highest BCUT2D eigenvalue weighted by atomic mass is 79.9. The van der Waals surface area contributed by atoms with Crippen LogP contribution in [0.1, 0.15) is 15.9 Å². The van der Waals surface area contributed by atoms with E-state index in [2.05, 4.69) is 21.2 Å². The number of halogens is 1. The molecule has 2 aromatic rings. The van der Waals surface area contributed by atoms with E-state index in [4.69, 9.17) is 5.73 Å². The minimum absolute atomic E-state index is 0.0435. The van der Waals surface area contributed by atoms with E-state index < -0.39 is 10.8 Å². The van der Waals surface area contributed by atoms with Gasteiger partial charge in [0.15, 0.2) is 0 Å². The van der Waals surface area contributed by atoms with Crippen LogP contribution in [0, 0.1) is 17.0 Å². The van der Waals surface area contributed by atoms with Crippen LogP contribution in [0.25, 0.3) is 0 Å². The molecule has 6 nitrogen and oxygen atoms in total. The van der Waals surface area contributed by atoms with Crippen molar-refractivity contribution in [2.75, 3.05) is 11.1 Å². The van der Waals surface area contributed by atoms with Crippen molar-refractivity contribution in [1.29, 1.82) is 0 Å². The second-order valence-electron chi connectivity index (χ2n) is 4.47. The monoisotopic (exact) mass is 349 g/mol. The third-order valence-corrected chi connectivity index (χ3v) is 3.25. The van der Waals surface area contributed by atoms with Crippen molar-refractivity contribution >= 4 is 38.9 Å². The van der Waals surface area contributed by atoms with Gasteiger partial charge in [0.1, 0.15) is 11.3 Å². The number of nitrogens with one attached hydrogen (secondary N) is 1. The normalized spacial score (nSPS) is 10.2. The van der Waals surface area contributed by atoms with Crippen LogP contribution >= 0.6 is 15.9 Å². The standard InChI is InChI=1S/C14H12BrN3O3/c1-8-5-9(15)7-10(6-8)17-14(19)11-3-2-4-12(16)13(11)18(20)21/h2-7H,16H2,1H3,(H,17,19). The van der Waals surface area contributed by atoms with Gasteiger partial charge in [-0.05, 0) is 42.8 Å². The van der Waals surface area contributed by atoms with Crippen molar-refractivity contribution in [1.82, 2.24) is 0 Å². The van der Waals surface area contributed by atoms with Crippen LogP contribution in [0.5, 0.6) is 0 Å². The van der Waals surface area contributed by atoms with E-state index >= 15 is 0 Å². The van der Waals surface area contributed by atoms with Crippen LogP contribution in [0.4, 0.5) is 17.1 Å². The number of anilines is 2. The number of aryl methyl sites for hydroxylation is 1. The third kappa shape index (κ3) is 3.38. The number of nitrogen functional groups attached to an aromatic ring is 1. The first-order valence-electron chi connectivity index (χ1n) is 6.00. The predicted molar refractivity (Wildman–Crippen MR) is 84.3 cm³/mol. The highest BCUT2D eigenvalue weighted by Gasteiger charge is 2.23. The SMILES string of the molecule is Cc1cc(Br)cc(NC(=O)c2cccc(N)c2[N+](=O)[O-])c1. The summed E-state index contributed by atoms with van der Waals surface area (Å²) in [5, 5.41) is 13.7. The first kappa shape index (κ1) is 15.0. The highest BCUT2D eigenvalue weighted by Crippen LogP contribution is 2.27. The minimum atomic E-state index is -0.656. The van der Waals surface area contributed by atoms with Crippen molar-refractivity contribution in [3.63, 3.8) is 0 Å². The zero-order valence-corrected chi connectivity index (χ0v) is 12.7. The number of para-hydroxylation sites is 1. The zero-order valence-electron chi connectivity index (χ0n) is 11.1. The third-order valence-electron chi connectivity index (χ3n) is 2.79. The molecule has 2 aromatic carbocycles. The van der Waals surface area contributed by atoms with Crippen molar-refractivity contribution in [3.8, 4) is 0 Å². The number of hydrogen-bond donors (Lipinski definition) is 2. The van der Waals surface area contributed by atoms with E-state index in [9.17, 15) is 14.9 Å². The lowest BCUT2D eigenvalue weighted by Gasteiger charge is -2.08. The summed E-state index contributed by atoms with van der Waals surface area (Å²) in [7, 11) is 0. The van der Waals surface area contributed by atoms with Crippen LogP contribution in [0.3, 0.4) is 0 Å². The molecule has 0 spiro atoms. The summed E-state index contributed by atoms with van der Waals surface area (Å²) in [6, 6.07) is 9.62. The summed E-state index contributed by atoms with van der Waals surface area (Å²) in [5.41, 5.74) is 6.56. The van der Waals surface area contributed by atoms with Gasteiger partial charge in [-0.1, -0.05) is 22.0 Å². The molecule has 2 rings (SSSR count). The second kappa shape index (κ2) is 5.92. The fraction of sp³-hybridized carbons (Fsp3) is 0.0714. The number of nitro benzene ring substituents is 1. The van der Waals surface area contributed by atoms with Gasteiger partial charge in [-0.3, -0.25) is 14.9 Å². The molecule has 21 heavy (non-hydrogen) atoms. The molecule has 0 saturated heterocycles. The molecule has 0 aliphatic carbocycles. The lowest BCUT2D eigenvalue weighted by Crippen LogP contribution is -2.15. The number of hydrogen-bond acceptors (Lipinski definition) is 4. The summed E-state index contributed by atoms with van der Waals surface area (Å²) >= 11 is 3.33. The molecule has 0 unspecified atom stereocenters. The Hall–Kier alpha value is -2.41. The molecule has 0 bridgehead atoms. The molecule has 0 saturated carbocycles. The van der Waals surface area contributed by atoms with Crippen LogP contribution in [0.15, 0.2) is 40.9 Å². The van der Waals surface area contributed by atoms with Crippen LogP contribution in [0.2, 0.25) is 0 Å². The summed E-state index contributed by atoms with van der Waals surface area (Å²) < 4.78 is 0.805. The number of carbonyl (C=O) groups is 1. The van der Waals surface area contributed by atoms with Gasteiger partial charge in [0.25, 0.3) is 5.91 Å². The van der Waals surface area contributed by atoms with E-state index in [0.29, 0.717) is 5.69 Å². The fourth-order valence-electron chi connectivity index (χ4n) is 1.96. The zero-order chi connectivity index (χ0) is 15.6. The van der Waals surface area contributed by atoms with Gasteiger partial charge in [0, 0.05) is 10.2 Å². The molecule has 0 heterocycles. The van der Waals surface area contributed by atoms with Crippen LogP contribution in [-0.4, -0.2) is 10.8 Å². The Labute approximate surface area is 129 Å². The van der Waals surface area contributed by atoms with Crippen molar-refractivity contribution in [2.45, 2.75) is 6.92 Å². The maximum absolute atomic E-state index is 12.2. The summed E-state index contributed by atoms with van der Waals surface area (Å²) in [5.74, 6) is -0.577. The average molecular weight is 350 g/mol. The van der Waals surface area contributed by atoms with Crippen molar-refractivity contribution in [2.24, 2.45) is 0 Å². The first-order chi connectivity index (χ1) is 9.88.